The number of nitrogens with zero attached hydrogens (tertiary/aromatic N) is 2. The van der Waals surface area contributed by atoms with Crippen LogP contribution in [0.25, 0.3) is 0 Å². The molecule has 0 fully saturated rings. The van der Waals surface area contributed by atoms with Gasteiger partial charge in [-0.15, -0.1) is 0 Å². The molecule has 1 heterocycles. The van der Waals surface area contributed by atoms with Crippen LogP contribution in [0.15, 0.2) is 12.1 Å². The average Bonchev–Trinajstić information content (AvgIpc) is 1.99. The van der Waals surface area contributed by atoms with E-state index in [0.29, 0.717) is 5.15 Å². The van der Waals surface area contributed by atoms with Gasteiger partial charge in [0.2, 0.25) is 0 Å². The third-order valence-electron chi connectivity index (χ3n) is 2.19. The Morgan fingerprint density at radius 1 is 1.27 bits per heavy atom. The van der Waals surface area contributed by atoms with Gasteiger partial charge >= 0.3 is 0 Å². The van der Waals surface area contributed by atoms with Gasteiger partial charge in [-0.3, -0.25) is 0 Å². The molecule has 0 N–H and O–H groups in total. The van der Waals surface area contributed by atoms with Gasteiger partial charge in [0, 0.05) is 6.54 Å². The van der Waals surface area contributed by atoms with E-state index < -0.39 is 0 Å². The van der Waals surface area contributed by atoms with Crippen molar-refractivity contribution in [2.45, 2.75) is 32.7 Å². The molecule has 3 heteroatoms. The molecule has 0 radical (unpaired) electrons. The van der Waals surface area contributed by atoms with Gasteiger partial charge in [-0.05, 0) is 37.2 Å². The van der Waals surface area contributed by atoms with E-state index in [9.17, 15) is 0 Å². The molecule has 0 aliphatic carbocycles. The highest BCUT2D eigenvalue weighted by Gasteiger charge is 2.15. The van der Waals surface area contributed by atoms with Crippen molar-refractivity contribution < 1.29 is 0 Å². The lowest BCUT2D eigenvalue weighted by atomic mass is 9.87. The molecule has 0 aromatic carbocycles. The molecule has 0 unspecified atom stereocenters. The molecular weight excluding hydrogens is 208 g/mol. The van der Waals surface area contributed by atoms with Crippen molar-refractivity contribution in [1.29, 1.82) is 0 Å². The maximum atomic E-state index is 6.01. The minimum Gasteiger partial charge on any atom is -0.304 e. The first-order valence-electron chi connectivity index (χ1n) is 5.11. The molecule has 0 aliphatic rings. The fourth-order valence-corrected chi connectivity index (χ4v) is 1.62. The van der Waals surface area contributed by atoms with E-state index in [1.165, 1.54) is 5.56 Å². The van der Waals surface area contributed by atoms with Crippen LogP contribution < -0.4 is 0 Å². The Kier molecular flexibility index (Phi) is 3.74. The third kappa shape index (κ3) is 3.80. The minimum atomic E-state index is 0.119. The minimum absolute atomic E-state index is 0.119. The Morgan fingerprint density at radius 2 is 1.87 bits per heavy atom. The number of hydrogen-bond donors (Lipinski definition) is 0. The monoisotopic (exact) mass is 226 g/mol. The van der Waals surface area contributed by atoms with Crippen LogP contribution in [-0.4, -0.2) is 24.0 Å². The SMILES string of the molecule is CN(C)Cc1cc(C(C)(C)C)cc(Cl)n1. The van der Waals surface area contributed by atoms with E-state index >= 15 is 0 Å². The van der Waals surface area contributed by atoms with Gasteiger partial charge in [0.05, 0.1) is 5.69 Å². The average molecular weight is 227 g/mol. The van der Waals surface area contributed by atoms with Gasteiger partial charge in [0.15, 0.2) is 0 Å². The molecule has 2 nitrogen and oxygen atoms in total. The van der Waals surface area contributed by atoms with Crippen molar-refractivity contribution in [2.24, 2.45) is 0 Å². The van der Waals surface area contributed by atoms with Gasteiger partial charge in [0.1, 0.15) is 5.15 Å². The molecule has 1 rings (SSSR count). The van der Waals surface area contributed by atoms with Crippen LogP contribution in [0.3, 0.4) is 0 Å². The molecule has 1 aromatic heterocycles. The van der Waals surface area contributed by atoms with Crippen LogP contribution in [0.5, 0.6) is 0 Å². The normalized spacial score (nSPS) is 12.2. The van der Waals surface area contributed by atoms with E-state index in [2.05, 4.69) is 36.7 Å². The molecule has 0 bridgehead atoms. The highest BCUT2D eigenvalue weighted by molar-refractivity contribution is 6.29. The maximum Gasteiger partial charge on any atom is 0.129 e. The van der Waals surface area contributed by atoms with Gasteiger partial charge in [0.25, 0.3) is 0 Å². The lowest BCUT2D eigenvalue weighted by Crippen LogP contribution is -2.15. The van der Waals surface area contributed by atoms with Gasteiger partial charge in [-0.2, -0.15) is 0 Å². The summed E-state index contributed by atoms with van der Waals surface area (Å²) in [5.74, 6) is 0. The van der Waals surface area contributed by atoms with Gasteiger partial charge in [-0.25, -0.2) is 4.98 Å². The summed E-state index contributed by atoms with van der Waals surface area (Å²) in [6.07, 6.45) is 0. The summed E-state index contributed by atoms with van der Waals surface area (Å²) in [5.41, 5.74) is 2.38. The van der Waals surface area contributed by atoms with Crippen LogP contribution in [0.2, 0.25) is 5.15 Å². The first kappa shape index (κ1) is 12.5. The number of halogens is 1. The van der Waals surface area contributed by atoms with E-state index in [-0.39, 0.29) is 5.41 Å². The molecule has 1 aromatic rings. The van der Waals surface area contributed by atoms with Crippen molar-refractivity contribution in [3.63, 3.8) is 0 Å². The Hall–Kier alpha value is -0.600. The second-order valence-corrected chi connectivity index (χ2v) is 5.54. The molecular formula is C12H19ClN2. The summed E-state index contributed by atoms with van der Waals surface area (Å²) >= 11 is 6.01. The second kappa shape index (κ2) is 4.50. The number of hydrogen-bond acceptors (Lipinski definition) is 2. The Bertz CT molecular complexity index is 340. The first-order valence-corrected chi connectivity index (χ1v) is 5.48. The Balaban J connectivity index is 3.06. The summed E-state index contributed by atoms with van der Waals surface area (Å²) in [5, 5.41) is 0.583. The first-order chi connectivity index (χ1) is 6.79. The van der Waals surface area contributed by atoms with Crippen LogP contribution in [0.1, 0.15) is 32.0 Å². The summed E-state index contributed by atoms with van der Waals surface area (Å²) in [6.45, 7) is 7.36. The molecule has 0 aliphatic heterocycles. The summed E-state index contributed by atoms with van der Waals surface area (Å²) < 4.78 is 0. The standard InChI is InChI=1S/C12H19ClN2/c1-12(2,3)9-6-10(8-15(4)5)14-11(13)7-9/h6-7H,8H2,1-5H3. The van der Waals surface area contributed by atoms with Crippen molar-refractivity contribution in [1.82, 2.24) is 9.88 Å². The molecule has 0 saturated carbocycles. The number of rotatable bonds is 2. The molecule has 15 heavy (non-hydrogen) atoms. The van der Waals surface area contributed by atoms with E-state index in [4.69, 9.17) is 11.6 Å². The van der Waals surface area contributed by atoms with Gasteiger partial charge < -0.3 is 4.90 Å². The van der Waals surface area contributed by atoms with Crippen molar-refractivity contribution in [3.8, 4) is 0 Å². The molecule has 0 spiro atoms. The summed E-state index contributed by atoms with van der Waals surface area (Å²) in [7, 11) is 4.05. The van der Waals surface area contributed by atoms with Crippen molar-refractivity contribution >= 4 is 11.6 Å². The van der Waals surface area contributed by atoms with Crippen LogP contribution in [0, 0.1) is 0 Å². The van der Waals surface area contributed by atoms with E-state index in [0.717, 1.165) is 12.2 Å². The predicted octanol–water partition coefficient (Wildman–Crippen LogP) is 3.09. The highest BCUT2D eigenvalue weighted by atomic mass is 35.5. The van der Waals surface area contributed by atoms with E-state index in [1.807, 2.05) is 20.2 Å². The summed E-state index contributed by atoms with van der Waals surface area (Å²) in [6, 6.07) is 4.08. The number of pyridine rings is 1. The second-order valence-electron chi connectivity index (χ2n) is 5.16. The molecule has 0 atom stereocenters. The molecule has 0 saturated heterocycles. The zero-order valence-electron chi connectivity index (χ0n) is 10.1. The molecule has 0 amide bonds. The summed E-state index contributed by atoms with van der Waals surface area (Å²) in [4.78, 5) is 6.40. The topological polar surface area (TPSA) is 16.1 Å². The predicted molar refractivity (Wildman–Crippen MR) is 65.3 cm³/mol. The van der Waals surface area contributed by atoms with Crippen molar-refractivity contribution in [3.05, 3.63) is 28.5 Å². The van der Waals surface area contributed by atoms with E-state index in [1.54, 1.807) is 0 Å². The van der Waals surface area contributed by atoms with Crippen LogP contribution in [0.4, 0.5) is 0 Å². The lowest BCUT2D eigenvalue weighted by molar-refractivity contribution is 0.396. The zero-order chi connectivity index (χ0) is 11.6. The van der Waals surface area contributed by atoms with Crippen LogP contribution in [-0.2, 0) is 12.0 Å². The lowest BCUT2D eigenvalue weighted by Gasteiger charge is -2.20. The quantitative estimate of drug-likeness (QED) is 0.721. The fourth-order valence-electron chi connectivity index (χ4n) is 1.39. The Morgan fingerprint density at radius 3 is 2.33 bits per heavy atom. The smallest absolute Gasteiger partial charge is 0.129 e. The Labute approximate surface area is 97.3 Å². The molecule has 84 valence electrons. The fraction of sp³-hybridized carbons (Fsp3) is 0.583. The largest absolute Gasteiger partial charge is 0.304 e. The van der Waals surface area contributed by atoms with Crippen LogP contribution >= 0.6 is 11.6 Å². The van der Waals surface area contributed by atoms with Gasteiger partial charge in [-0.1, -0.05) is 32.4 Å². The number of aromatic nitrogens is 1. The highest BCUT2D eigenvalue weighted by Crippen LogP contribution is 2.25. The third-order valence-corrected chi connectivity index (χ3v) is 2.39. The maximum absolute atomic E-state index is 6.01. The van der Waals surface area contributed by atoms with Crippen molar-refractivity contribution in [2.75, 3.05) is 14.1 Å². The zero-order valence-corrected chi connectivity index (χ0v) is 10.9.